The summed E-state index contributed by atoms with van der Waals surface area (Å²) >= 11 is 0. The second-order valence-corrected chi connectivity index (χ2v) is 6.39. The van der Waals surface area contributed by atoms with Gasteiger partial charge in [0.15, 0.2) is 0 Å². The van der Waals surface area contributed by atoms with Crippen LogP contribution in [0.25, 0.3) is 0 Å². The SMILES string of the molecule is COCCNCC(=O)Nc1cc(C)ccc1NS(C)(=O)=O.Cl. The molecule has 0 saturated carbocycles. The maximum absolute atomic E-state index is 11.8. The monoisotopic (exact) mass is 351 g/mol. The fraction of sp³-hybridized carbons (Fsp3) is 0.462. The highest BCUT2D eigenvalue weighted by Gasteiger charge is 2.10. The van der Waals surface area contributed by atoms with Gasteiger partial charge in [0.2, 0.25) is 15.9 Å². The van der Waals surface area contributed by atoms with Gasteiger partial charge in [-0.05, 0) is 24.6 Å². The molecule has 0 fully saturated rings. The first-order chi connectivity index (χ1) is 9.81. The van der Waals surface area contributed by atoms with Crippen molar-refractivity contribution in [3.8, 4) is 0 Å². The van der Waals surface area contributed by atoms with E-state index in [2.05, 4.69) is 15.4 Å². The lowest BCUT2D eigenvalue weighted by Gasteiger charge is -2.13. The molecule has 9 heteroatoms. The van der Waals surface area contributed by atoms with E-state index >= 15 is 0 Å². The number of methoxy groups -OCH3 is 1. The van der Waals surface area contributed by atoms with Crippen LogP contribution in [-0.2, 0) is 19.6 Å². The smallest absolute Gasteiger partial charge is 0.238 e. The lowest BCUT2D eigenvalue weighted by Crippen LogP contribution is -2.30. The van der Waals surface area contributed by atoms with E-state index in [1.165, 1.54) is 0 Å². The molecule has 1 aromatic rings. The zero-order valence-electron chi connectivity index (χ0n) is 12.8. The van der Waals surface area contributed by atoms with Crippen molar-refractivity contribution < 1.29 is 17.9 Å². The maximum atomic E-state index is 11.8. The van der Waals surface area contributed by atoms with E-state index in [0.717, 1.165) is 11.8 Å². The highest BCUT2D eigenvalue weighted by Crippen LogP contribution is 2.23. The Kier molecular flexibility index (Phi) is 9.03. The molecule has 3 N–H and O–H groups in total. The second-order valence-electron chi connectivity index (χ2n) is 4.64. The van der Waals surface area contributed by atoms with E-state index in [4.69, 9.17) is 4.74 Å². The van der Waals surface area contributed by atoms with Crippen LogP contribution < -0.4 is 15.4 Å². The van der Waals surface area contributed by atoms with Crippen LogP contribution in [0.4, 0.5) is 11.4 Å². The molecular formula is C13H22ClN3O4S. The van der Waals surface area contributed by atoms with E-state index in [9.17, 15) is 13.2 Å². The lowest BCUT2D eigenvalue weighted by atomic mass is 10.2. The number of carbonyl (C=O) groups excluding carboxylic acids is 1. The zero-order chi connectivity index (χ0) is 15.9. The van der Waals surface area contributed by atoms with Gasteiger partial charge in [-0.25, -0.2) is 8.42 Å². The van der Waals surface area contributed by atoms with Gasteiger partial charge in [-0.2, -0.15) is 0 Å². The molecular weight excluding hydrogens is 330 g/mol. The molecule has 126 valence electrons. The van der Waals surface area contributed by atoms with Crippen LogP contribution in [-0.4, -0.2) is 47.4 Å². The molecule has 0 aliphatic heterocycles. The van der Waals surface area contributed by atoms with Crippen LogP contribution in [0.3, 0.4) is 0 Å². The van der Waals surface area contributed by atoms with Gasteiger partial charge in [0, 0.05) is 13.7 Å². The van der Waals surface area contributed by atoms with Crippen molar-refractivity contribution in [3.05, 3.63) is 23.8 Å². The Labute approximate surface area is 137 Å². The number of halogens is 1. The number of nitrogens with one attached hydrogen (secondary N) is 3. The number of anilines is 2. The van der Waals surface area contributed by atoms with Crippen LogP contribution in [0, 0.1) is 6.92 Å². The summed E-state index contributed by atoms with van der Waals surface area (Å²) < 4.78 is 29.9. The normalized spacial score (nSPS) is 10.7. The maximum Gasteiger partial charge on any atom is 0.238 e. The van der Waals surface area contributed by atoms with Gasteiger partial charge in [0.05, 0.1) is 30.8 Å². The number of ether oxygens (including phenoxy) is 1. The number of sulfonamides is 1. The Bertz CT molecular complexity index is 593. The first-order valence-electron chi connectivity index (χ1n) is 6.40. The van der Waals surface area contributed by atoms with Crippen molar-refractivity contribution >= 4 is 39.7 Å². The van der Waals surface area contributed by atoms with Crippen molar-refractivity contribution in [2.24, 2.45) is 0 Å². The highest BCUT2D eigenvalue weighted by atomic mass is 35.5. The molecule has 1 amide bonds. The van der Waals surface area contributed by atoms with E-state index in [0.29, 0.717) is 24.5 Å². The molecule has 0 aliphatic rings. The van der Waals surface area contributed by atoms with Crippen LogP contribution in [0.15, 0.2) is 18.2 Å². The van der Waals surface area contributed by atoms with Gasteiger partial charge in [-0.1, -0.05) is 6.07 Å². The predicted molar refractivity (Wildman–Crippen MR) is 90.3 cm³/mol. The number of rotatable bonds is 8. The number of aryl methyl sites for hydroxylation is 1. The molecule has 0 aromatic heterocycles. The van der Waals surface area contributed by atoms with E-state index in [1.807, 2.05) is 6.92 Å². The molecule has 0 bridgehead atoms. The first-order valence-corrected chi connectivity index (χ1v) is 8.29. The Morgan fingerprint density at radius 3 is 2.55 bits per heavy atom. The largest absolute Gasteiger partial charge is 0.383 e. The van der Waals surface area contributed by atoms with Crippen LogP contribution >= 0.6 is 12.4 Å². The zero-order valence-corrected chi connectivity index (χ0v) is 14.4. The first kappa shape index (κ1) is 20.6. The number of carbonyl (C=O) groups is 1. The summed E-state index contributed by atoms with van der Waals surface area (Å²) in [4.78, 5) is 11.8. The summed E-state index contributed by atoms with van der Waals surface area (Å²) in [6.07, 6.45) is 1.06. The second kappa shape index (κ2) is 9.62. The summed E-state index contributed by atoms with van der Waals surface area (Å²) in [5.74, 6) is -0.256. The van der Waals surface area contributed by atoms with Crippen molar-refractivity contribution in [2.45, 2.75) is 6.92 Å². The van der Waals surface area contributed by atoms with Gasteiger partial charge in [0.25, 0.3) is 0 Å². The molecule has 0 saturated heterocycles. The lowest BCUT2D eigenvalue weighted by molar-refractivity contribution is -0.115. The van der Waals surface area contributed by atoms with Crippen molar-refractivity contribution in [1.29, 1.82) is 0 Å². The van der Waals surface area contributed by atoms with Crippen molar-refractivity contribution in [3.63, 3.8) is 0 Å². The van der Waals surface area contributed by atoms with Crippen LogP contribution in [0.5, 0.6) is 0 Å². The van der Waals surface area contributed by atoms with Crippen LogP contribution in [0.1, 0.15) is 5.56 Å². The molecule has 0 radical (unpaired) electrons. The van der Waals surface area contributed by atoms with Crippen molar-refractivity contribution in [2.75, 3.05) is 43.1 Å². The summed E-state index contributed by atoms with van der Waals surface area (Å²) in [5, 5.41) is 5.59. The standard InChI is InChI=1S/C13H21N3O4S.ClH/c1-10-4-5-11(16-21(3,18)19)12(8-10)15-13(17)9-14-6-7-20-2;/h4-5,8,14,16H,6-7,9H2,1-3H3,(H,15,17);1H. The fourth-order valence-corrected chi connectivity index (χ4v) is 2.20. The summed E-state index contributed by atoms with van der Waals surface area (Å²) in [6.45, 7) is 3.05. The fourth-order valence-electron chi connectivity index (χ4n) is 1.62. The third-order valence-corrected chi connectivity index (χ3v) is 3.10. The highest BCUT2D eigenvalue weighted by molar-refractivity contribution is 7.92. The average Bonchev–Trinajstić information content (AvgIpc) is 2.36. The Morgan fingerprint density at radius 1 is 1.27 bits per heavy atom. The summed E-state index contributed by atoms with van der Waals surface area (Å²) in [7, 11) is -1.83. The molecule has 22 heavy (non-hydrogen) atoms. The van der Waals surface area contributed by atoms with E-state index < -0.39 is 10.0 Å². The predicted octanol–water partition coefficient (Wildman–Crippen LogP) is 0.963. The molecule has 0 aliphatic carbocycles. The number of hydrogen-bond acceptors (Lipinski definition) is 5. The molecule has 1 aromatic carbocycles. The molecule has 1 rings (SSSR count). The van der Waals surface area contributed by atoms with Gasteiger partial charge in [-0.3, -0.25) is 9.52 Å². The van der Waals surface area contributed by atoms with Gasteiger partial charge in [0.1, 0.15) is 0 Å². The third-order valence-electron chi connectivity index (χ3n) is 2.51. The topological polar surface area (TPSA) is 96.5 Å². The average molecular weight is 352 g/mol. The minimum atomic E-state index is -3.41. The minimum absolute atomic E-state index is 0. The van der Waals surface area contributed by atoms with Gasteiger partial charge < -0.3 is 15.4 Å². The Balaban J connectivity index is 0.00000441. The number of benzene rings is 1. The van der Waals surface area contributed by atoms with E-state index in [-0.39, 0.29) is 24.9 Å². The number of amides is 1. The minimum Gasteiger partial charge on any atom is -0.383 e. The Hall–Kier alpha value is -1.35. The molecule has 0 unspecified atom stereocenters. The Morgan fingerprint density at radius 2 is 1.95 bits per heavy atom. The number of hydrogen-bond donors (Lipinski definition) is 3. The van der Waals surface area contributed by atoms with Gasteiger partial charge >= 0.3 is 0 Å². The summed E-state index contributed by atoms with van der Waals surface area (Å²) in [6, 6.07) is 5.09. The van der Waals surface area contributed by atoms with E-state index in [1.54, 1.807) is 25.3 Å². The van der Waals surface area contributed by atoms with Crippen molar-refractivity contribution in [1.82, 2.24) is 5.32 Å². The third kappa shape index (κ3) is 8.18. The summed E-state index contributed by atoms with van der Waals surface area (Å²) in [5.41, 5.74) is 1.68. The molecule has 7 nitrogen and oxygen atoms in total. The quantitative estimate of drug-likeness (QED) is 0.606. The van der Waals surface area contributed by atoms with Crippen LogP contribution in [0.2, 0.25) is 0 Å². The molecule has 0 spiro atoms. The van der Waals surface area contributed by atoms with Gasteiger partial charge in [-0.15, -0.1) is 12.4 Å². The molecule has 0 heterocycles. The molecule has 0 atom stereocenters.